The van der Waals surface area contributed by atoms with Gasteiger partial charge in [-0.05, 0) is 24.3 Å². The minimum Gasteiger partial charge on any atom is -0.492 e. The van der Waals surface area contributed by atoms with Crippen LogP contribution < -0.4 is 10.1 Å². The second kappa shape index (κ2) is 7.36. The van der Waals surface area contributed by atoms with Crippen molar-refractivity contribution in [3.63, 3.8) is 0 Å². The Hall–Kier alpha value is -2.45. The number of ether oxygens (including phenoxy) is 1. The SMILES string of the molecule is N#Cc1cc(F)c(CNCCOc2ccccc2)c(F)c1. The third kappa shape index (κ3) is 4.26. The lowest BCUT2D eigenvalue weighted by molar-refractivity contribution is 0.312. The van der Waals surface area contributed by atoms with E-state index in [0.717, 1.165) is 17.9 Å². The van der Waals surface area contributed by atoms with E-state index in [4.69, 9.17) is 10.00 Å². The lowest BCUT2D eigenvalue weighted by Crippen LogP contribution is -2.22. The summed E-state index contributed by atoms with van der Waals surface area (Å²) in [4.78, 5) is 0. The largest absolute Gasteiger partial charge is 0.492 e. The number of hydrogen-bond donors (Lipinski definition) is 1. The highest BCUT2D eigenvalue weighted by molar-refractivity contribution is 5.34. The molecule has 0 bridgehead atoms. The van der Waals surface area contributed by atoms with Gasteiger partial charge in [-0.15, -0.1) is 0 Å². The molecule has 2 aromatic carbocycles. The van der Waals surface area contributed by atoms with Crippen LogP contribution in [-0.4, -0.2) is 13.2 Å². The van der Waals surface area contributed by atoms with Gasteiger partial charge in [0.05, 0.1) is 11.6 Å². The Morgan fingerprint density at radius 2 is 1.76 bits per heavy atom. The van der Waals surface area contributed by atoms with E-state index in [1.54, 1.807) is 6.07 Å². The van der Waals surface area contributed by atoms with E-state index in [9.17, 15) is 8.78 Å². The maximum atomic E-state index is 13.6. The second-order valence-corrected chi connectivity index (χ2v) is 4.37. The molecule has 0 spiro atoms. The normalized spacial score (nSPS) is 10.1. The predicted molar refractivity (Wildman–Crippen MR) is 74.7 cm³/mol. The smallest absolute Gasteiger partial charge is 0.131 e. The number of hydrogen-bond acceptors (Lipinski definition) is 3. The Balaban J connectivity index is 1.80. The van der Waals surface area contributed by atoms with Crippen molar-refractivity contribution in [2.24, 2.45) is 0 Å². The fourth-order valence-electron chi connectivity index (χ4n) is 1.81. The maximum absolute atomic E-state index is 13.6. The summed E-state index contributed by atoms with van der Waals surface area (Å²) >= 11 is 0. The van der Waals surface area contributed by atoms with Gasteiger partial charge in [-0.1, -0.05) is 18.2 Å². The van der Waals surface area contributed by atoms with Gasteiger partial charge in [-0.3, -0.25) is 0 Å². The van der Waals surface area contributed by atoms with E-state index in [1.165, 1.54) is 0 Å². The molecule has 0 aliphatic carbocycles. The van der Waals surface area contributed by atoms with E-state index in [2.05, 4.69) is 5.32 Å². The zero-order chi connectivity index (χ0) is 15.1. The van der Waals surface area contributed by atoms with E-state index >= 15 is 0 Å². The molecule has 21 heavy (non-hydrogen) atoms. The standard InChI is InChI=1S/C16H14F2N2O/c17-15-8-12(10-19)9-16(18)14(15)11-20-6-7-21-13-4-2-1-3-5-13/h1-5,8-9,20H,6-7,11H2. The highest BCUT2D eigenvalue weighted by Crippen LogP contribution is 2.14. The summed E-state index contributed by atoms with van der Waals surface area (Å²) in [5.74, 6) is -0.693. The van der Waals surface area contributed by atoms with Crippen molar-refractivity contribution < 1.29 is 13.5 Å². The molecule has 0 unspecified atom stereocenters. The number of para-hydroxylation sites is 1. The van der Waals surface area contributed by atoms with Gasteiger partial charge in [0.2, 0.25) is 0 Å². The third-order valence-electron chi connectivity index (χ3n) is 2.86. The van der Waals surface area contributed by atoms with Gasteiger partial charge in [0.1, 0.15) is 24.0 Å². The van der Waals surface area contributed by atoms with Crippen LogP contribution in [0.15, 0.2) is 42.5 Å². The van der Waals surface area contributed by atoms with Crippen molar-refractivity contribution in [2.75, 3.05) is 13.2 Å². The predicted octanol–water partition coefficient (Wildman–Crippen LogP) is 3.01. The molecule has 0 radical (unpaired) electrons. The fraction of sp³-hybridized carbons (Fsp3) is 0.188. The molecule has 0 atom stereocenters. The van der Waals surface area contributed by atoms with Crippen molar-refractivity contribution in [3.05, 3.63) is 65.2 Å². The van der Waals surface area contributed by atoms with Crippen molar-refractivity contribution in [2.45, 2.75) is 6.54 Å². The molecule has 0 aliphatic heterocycles. The number of halogens is 2. The van der Waals surface area contributed by atoms with Gasteiger partial charge < -0.3 is 10.1 Å². The van der Waals surface area contributed by atoms with Crippen LogP contribution in [0.1, 0.15) is 11.1 Å². The van der Waals surface area contributed by atoms with Crippen LogP contribution in [-0.2, 0) is 6.54 Å². The molecule has 0 heterocycles. The number of nitriles is 1. The molecular weight excluding hydrogens is 274 g/mol. The van der Waals surface area contributed by atoms with Crippen LogP contribution in [0.3, 0.4) is 0 Å². The number of nitrogens with one attached hydrogen (secondary N) is 1. The summed E-state index contributed by atoms with van der Waals surface area (Å²) in [5.41, 5.74) is -0.102. The van der Waals surface area contributed by atoms with E-state index < -0.39 is 11.6 Å². The highest BCUT2D eigenvalue weighted by Gasteiger charge is 2.10. The van der Waals surface area contributed by atoms with Crippen molar-refractivity contribution in [3.8, 4) is 11.8 Å². The van der Waals surface area contributed by atoms with Gasteiger partial charge in [0.25, 0.3) is 0 Å². The summed E-state index contributed by atoms with van der Waals surface area (Å²) < 4.78 is 32.7. The van der Waals surface area contributed by atoms with Crippen LogP contribution in [0.5, 0.6) is 5.75 Å². The summed E-state index contributed by atoms with van der Waals surface area (Å²) in [7, 11) is 0. The molecule has 2 aromatic rings. The van der Waals surface area contributed by atoms with Crippen LogP contribution in [0.25, 0.3) is 0 Å². The average Bonchev–Trinajstić information content (AvgIpc) is 2.50. The quantitative estimate of drug-likeness (QED) is 0.831. The summed E-state index contributed by atoms with van der Waals surface area (Å²) in [6.07, 6.45) is 0. The zero-order valence-corrected chi connectivity index (χ0v) is 11.3. The van der Waals surface area contributed by atoms with Gasteiger partial charge in [0, 0.05) is 18.7 Å². The summed E-state index contributed by atoms with van der Waals surface area (Å²) in [6, 6.07) is 13.1. The molecule has 0 saturated carbocycles. The topological polar surface area (TPSA) is 45.0 Å². The first-order chi connectivity index (χ1) is 10.2. The minimum absolute atomic E-state index is 0.0267. The van der Waals surface area contributed by atoms with Crippen LogP contribution in [0.4, 0.5) is 8.78 Å². The Bertz CT molecular complexity index is 615. The van der Waals surface area contributed by atoms with Gasteiger partial charge in [-0.25, -0.2) is 8.78 Å². The fourth-order valence-corrected chi connectivity index (χ4v) is 1.81. The average molecular weight is 288 g/mol. The van der Waals surface area contributed by atoms with Crippen LogP contribution >= 0.6 is 0 Å². The zero-order valence-electron chi connectivity index (χ0n) is 11.3. The number of rotatable bonds is 6. The lowest BCUT2D eigenvalue weighted by atomic mass is 10.1. The third-order valence-corrected chi connectivity index (χ3v) is 2.86. The molecule has 0 aliphatic rings. The van der Waals surface area contributed by atoms with Crippen molar-refractivity contribution >= 4 is 0 Å². The molecule has 2 rings (SSSR count). The Morgan fingerprint density at radius 3 is 2.38 bits per heavy atom. The minimum atomic E-state index is -0.719. The molecule has 0 aromatic heterocycles. The first kappa shape index (κ1) is 14.9. The monoisotopic (exact) mass is 288 g/mol. The second-order valence-electron chi connectivity index (χ2n) is 4.37. The number of nitrogens with zero attached hydrogens (tertiary/aromatic N) is 1. The Kier molecular flexibility index (Phi) is 5.24. The Labute approximate surface area is 121 Å². The molecule has 5 heteroatoms. The van der Waals surface area contributed by atoms with E-state index in [-0.39, 0.29) is 17.7 Å². The first-order valence-corrected chi connectivity index (χ1v) is 6.47. The molecular formula is C16H14F2N2O. The summed E-state index contributed by atoms with van der Waals surface area (Å²) in [6.45, 7) is 0.888. The van der Waals surface area contributed by atoms with E-state index in [0.29, 0.717) is 13.2 Å². The van der Waals surface area contributed by atoms with Crippen LogP contribution in [0.2, 0.25) is 0 Å². The molecule has 0 amide bonds. The highest BCUT2D eigenvalue weighted by atomic mass is 19.1. The molecule has 1 N–H and O–H groups in total. The Morgan fingerprint density at radius 1 is 1.10 bits per heavy atom. The van der Waals surface area contributed by atoms with Crippen molar-refractivity contribution in [1.29, 1.82) is 5.26 Å². The van der Waals surface area contributed by atoms with E-state index in [1.807, 2.05) is 30.3 Å². The van der Waals surface area contributed by atoms with Gasteiger partial charge in [0.15, 0.2) is 0 Å². The first-order valence-electron chi connectivity index (χ1n) is 6.47. The molecule has 0 fully saturated rings. The lowest BCUT2D eigenvalue weighted by Gasteiger charge is -2.09. The molecule has 108 valence electrons. The number of benzene rings is 2. The maximum Gasteiger partial charge on any atom is 0.131 e. The van der Waals surface area contributed by atoms with Gasteiger partial charge in [-0.2, -0.15) is 5.26 Å². The van der Waals surface area contributed by atoms with Crippen LogP contribution in [0, 0.1) is 23.0 Å². The van der Waals surface area contributed by atoms with Crippen molar-refractivity contribution in [1.82, 2.24) is 5.32 Å². The van der Waals surface area contributed by atoms with Gasteiger partial charge >= 0.3 is 0 Å². The molecule has 0 saturated heterocycles. The molecule has 3 nitrogen and oxygen atoms in total. The summed E-state index contributed by atoms with van der Waals surface area (Å²) in [5, 5.41) is 11.5.